The van der Waals surface area contributed by atoms with Crippen LogP contribution in [0.1, 0.15) is 0 Å². The van der Waals surface area contributed by atoms with E-state index in [0.29, 0.717) is 0 Å². The average molecular weight is 494 g/mol. The van der Waals surface area contributed by atoms with Gasteiger partial charge in [-0.2, -0.15) is 0 Å². The summed E-state index contributed by atoms with van der Waals surface area (Å²) in [6.07, 6.45) is 0. The summed E-state index contributed by atoms with van der Waals surface area (Å²) in [4.78, 5) is 0. The molecule has 0 aromatic carbocycles. The van der Waals surface area contributed by atoms with Crippen LogP contribution in [0.3, 0.4) is 0 Å². The molecule has 0 bridgehead atoms. The van der Waals surface area contributed by atoms with Crippen molar-refractivity contribution in [2.24, 2.45) is 0 Å². The Morgan fingerprint density at radius 3 is 1.00 bits per heavy atom. The fourth-order valence-corrected chi connectivity index (χ4v) is 0. The summed E-state index contributed by atoms with van der Waals surface area (Å²) in [5.74, 6) is 0. The average Bonchev–Trinajstić information content (AvgIpc) is 0. The van der Waals surface area contributed by atoms with Crippen molar-refractivity contribution >= 4 is 51.0 Å². The van der Waals surface area contributed by atoms with Crippen molar-refractivity contribution in [1.82, 2.24) is 0 Å². The Bertz CT molecular complexity index is 8.00. The Labute approximate surface area is 92.3 Å². The molecule has 0 unspecified atom stereocenters. The molecule has 0 aliphatic rings. The van der Waals surface area contributed by atoms with Crippen molar-refractivity contribution in [2.45, 2.75) is 0 Å². The first-order chi connectivity index (χ1) is 0. The summed E-state index contributed by atoms with van der Waals surface area (Å²) >= 11 is 0. The molecular weight excluding hydrogens is 490 g/mol. The first kappa shape index (κ1) is 27.4. The predicted octanol–water partition coefficient (Wildman–Crippen LogP) is -1.84. The van der Waals surface area contributed by atoms with Crippen molar-refractivity contribution in [1.29, 1.82) is 0 Å². The molecule has 0 N–H and O–H groups in total. The standard InChI is InChI=1S/Cu.Pb.H2Te.Zr.2H/h;;1H2;;;. The molecule has 0 saturated carbocycles. The SMILES string of the molecule is [Cu].[PbH2].[TeH2].[Zr]. The zero-order valence-electron chi connectivity index (χ0n) is 2.01. The largest absolute Gasteiger partial charge is 0 e. The van der Waals surface area contributed by atoms with Gasteiger partial charge in [-0.25, -0.2) is 0 Å². The van der Waals surface area contributed by atoms with Crippen LogP contribution < -0.4 is 0 Å². The normalized spacial score (nSPS) is 0. The summed E-state index contributed by atoms with van der Waals surface area (Å²) in [6.45, 7) is 0. The van der Waals surface area contributed by atoms with E-state index in [1.165, 1.54) is 0 Å². The molecule has 4 heavy (non-hydrogen) atoms. The molecule has 29 valence electrons. The summed E-state index contributed by atoms with van der Waals surface area (Å²) in [7, 11) is 0. The van der Waals surface area contributed by atoms with Crippen LogP contribution in [-0.4, -0.2) is 51.0 Å². The molecule has 0 aliphatic carbocycles. The van der Waals surface area contributed by atoms with Gasteiger partial charge in [-0.15, -0.1) is 0 Å². The third-order valence-corrected chi connectivity index (χ3v) is 0. The molecule has 3 radical (unpaired) electrons. The van der Waals surface area contributed by atoms with Gasteiger partial charge in [0.1, 0.15) is 0 Å². The van der Waals surface area contributed by atoms with Crippen molar-refractivity contribution < 1.29 is 43.3 Å². The maximum Gasteiger partial charge on any atom is 0 e. The molecule has 4 heteroatoms. The minimum Gasteiger partial charge on any atom is 0 e. The van der Waals surface area contributed by atoms with Crippen LogP contribution in [0.15, 0.2) is 0 Å². The first-order valence-corrected chi connectivity index (χ1v) is 0. The van der Waals surface area contributed by atoms with E-state index in [-0.39, 0.29) is 94.2 Å². The zero-order chi connectivity index (χ0) is 0. The maximum absolute atomic E-state index is 0. The van der Waals surface area contributed by atoms with Gasteiger partial charge in [0.25, 0.3) is 0 Å². The van der Waals surface area contributed by atoms with Crippen LogP contribution in [0, 0.1) is 0 Å². The van der Waals surface area contributed by atoms with E-state index in [9.17, 15) is 0 Å². The molecule has 0 aliphatic heterocycles. The van der Waals surface area contributed by atoms with Crippen LogP contribution in [0.5, 0.6) is 0 Å². The molecule has 0 atom stereocenters. The molecular formula is H4CuPbTeZr. The van der Waals surface area contributed by atoms with Crippen LogP contribution in [-0.2, 0) is 43.3 Å². The van der Waals surface area contributed by atoms with Crippen molar-refractivity contribution in [3.8, 4) is 0 Å². The van der Waals surface area contributed by atoms with Crippen LogP contribution in [0.4, 0.5) is 0 Å². The van der Waals surface area contributed by atoms with Gasteiger partial charge in [0.2, 0.25) is 0 Å². The van der Waals surface area contributed by atoms with Crippen molar-refractivity contribution in [2.75, 3.05) is 0 Å². The Hall–Kier alpha value is 3.11. The van der Waals surface area contributed by atoms with Gasteiger partial charge in [0.15, 0.2) is 0 Å². The number of hydrogen-bond acceptors (Lipinski definition) is 0. The summed E-state index contributed by atoms with van der Waals surface area (Å²) in [5.41, 5.74) is 0. The van der Waals surface area contributed by atoms with E-state index in [1.54, 1.807) is 0 Å². The van der Waals surface area contributed by atoms with Gasteiger partial charge in [-0.05, 0) is 0 Å². The second-order valence-corrected chi connectivity index (χ2v) is 0. The van der Waals surface area contributed by atoms with Gasteiger partial charge in [0, 0.05) is 43.3 Å². The second kappa shape index (κ2) is 16.5. The van der Waals surface area contributed by atoms with Crippen LogP contribution in [0.2, 0.25) is 0 Å². The zero-order valence-corrected chi connectivity index (χ0v) is 13.8. The monoisotopic (exact) mass is 495 g/mol. The first-order valence-electron chi connectivity index (χ1n) is 0. The Kier molecular flexibility index (Phi) is 113. The quantitative estimate of drug-likeness (QED) is 0.348. The third-order valence-electron chi connectivity index (χ3n) is 0. The van der Waals surface area contributed by atoms with Crippen molar-refractivity contribution in [3.63, 3.8) is 0 Å². The van der Waals surface area contributed by atoms with Gasteiger partial charge in [-0.3, -0.25) is 0 Å². The topological polar surface area (TPSA) is 0 Å². The van der Waals surface area contributed by atoms with Crippen molar-refractivity contribution in [3.05, 3.63) is 0 Å². The second-order valence-electron chi connectivity index (χ2n) is 0. The Morgan fingerprint density at radius 2 is 1.00 bits per heavy atom. The molecule has 0 spiro atoms. The molecule has 0 rings (SSSR count). The van der Waals surface area contributed by atoms with E-state index < -0.39 is 0 Å². The molecule has 0 aromatic rings. The third kappa shape index (κ3) is 8.93. The van der Waals surface area contributed by atoms with Gasteiger partial charge >= 0.3 is 51.0 Å². The number of hydrogen-bond donors (Lipinski definition) is 0. The van der Waals surface area contributed by atoms with E-state index >= 15 is 0 Å². The summed E-state index contributed by atoms with van der Waals surface area (Å²) in [6, 6.07) is 0. The maximum atomic E-state index is 0. The van der Waals surface area contributed by atoms with Gasteiger partial charge in [0.05, 0.1) is 0 Å². The van der Waals surface area contributed by atoms with Gasteiger partial charge in [-0.1, -0.05) is 0 Å². The van der Waals surface area contributed by atoms with E-state index in [2.05, 4.69) is 0 Å². The van der Waals surface area contributed by atoms with Gasteiger partial charge < -0.3 is 0 Å². The summed E-state index contributed by atoms with van der Waals surface area (Å²) < 4.78 is 0. The molecule has 0 fully saturated rings. The molecule has 0 saturated heterocycles. The minimum absolute atomic E-state index is 0. The molecule has 0 aromatic heterocycles. The smallest absolute Gasteiger partial charge is 0 e. The Morgan fingerprint density at radius 1 is 1.00 bits per heavy atom. The Balaban J connectivity index is 0. The molecule has 0 heterocycles. The fraction of sp³-hybridized carbons (Fsp3) is 0. The van der Waals surface area contributed by atoms with Crippen LogP contribution >= 0.6 is 0 Å². The summed E-state index contributed by atoms with van der Waals surface area (Å²) in [5, 5.41) is 0. The van der Waals surface area contributed by atoms with E-state index in [1.807, 2.05) is 0 Å². The van der Waals surface area contributed by atoms with E-state index in [0.717, 1.165) is 0 Å². The molecule has 0 amide bonds. The number of rotatable bonds is 0. The van der Waals surface area contributed by atoms with E-state index in [4.69, 9.17) is 0 Å². The minimum atomic E-state index is 0. The predicted molar refractivity (Wildman–Crippen MR) is 17.1 cm³/mol. The fourth-order valence-electron chi connectivity index (χ4n) is 0. The molecule has 0 nitrogen and oxygen atoms in total. The van der Waals surface area contributed by atoms with Crippen LogP contribution in [0.25, 0.3) is 0 Å².